The van der Waals surface area contributed by atoms with Crippen LogP contribution >= 0.6 is 11.6 Å². The Balaban J connectivity index is 2.04. The molecule has 0 aliphatic carbocycles. The number of nitrogens with zero attached hydrogens (tertiary/aromatic N) is 4. The zero-order valence-corrected chi connectivity index (χ0v) is 10.5. The summed E-state index contributed by atoms with van der Waals surface area (Å²) >= 11 is 5.67. The molecule has 8 nitrogen and oxygen atoms in total. The summed E-state index contributed by atoms with van der Waals surface area (Å²) in [4.78, 5) is 7.91. The van der Waals surface area contributed by atoms with Gasteiger partial charge in [0.1, 0.15) is 30.5 Å². The van der Waals surface area contributed by atoms with E-state index in [9.17, 15) is 10.2 Å². The summed E-state index contributed by atoms with van der Waals surface area (Å²) in [6.45, 7) is 0. The van der Waals surface area contributed by atoms with E-state index in [-0.39, 0.29) is 11.7 Å². The molecule has 3 rings (SSSR count). The van der Waals surface area contributed by atoms with E-state index in [0.717, 1.165) is 0 Å². The van der Waals surface area contributed by atoms with Gasteiger partial charge in [-0.1, -0.05) is 0 Å². The lowest BCUT2D eigenvalue weighted by atomic mass is 10.1. The Bertz CT molecular complexity index is 606. The second kappa shape index (κ2) is 4.57. The van der Waals surface area contributed by atoms with Crippen molar-refractivity contribution in [2.75, 3.05) is 11.6 Å². The number of alkyl halides is 1. The van der Waals surface area contributed by atoms with Crippen molar-refractivity contribution in [1.29, 1.82) is 0 Å². The minimum Gasteiger partial charge on any atom is -0.387 e. The molecule has 9 heteroatoms. The molecule has 1 aliphatic rings. The van der Waals surface area contributed by atoms with Gasteiger partial charge in [0, 0.05) is 0 Å². The predicted molar refractivity (Wildman–Crippen MR) is 66.4 cm³/mol. The molecule has 4 atom stereocenters. The van der Waals surface area contributed by atoms with E-state index < -0.39 is 24.5 Å². The Morgan fingerprint density at radius 3 is 2.84 bits per heavy atom. The van der Waals surface area contributed by atoms with Crippen LogP contribution in [0.15, 0.2) is 12.5 Å². The van der Waals surface area contributed by atoms with Gasteiger partial charge in [0.05, 0.1) is 17.5 Å². The number of anilines is 1. The molecule has 0 radical (unpaired) electrons. The molecule has 19 heavy (non-hydrogen) atoms. The highest BCUT2D eigenvalue weighted by Gasteiger charge is 2.44. The van der Waals surface area contributed by atoms with E-state index in [0.29, 0.717) is 11.0 Å². The van der Waals surface area contributed by atoms with Crippen LogP contribution in [0.1, 0.15) is 6.23 Å². The van der Waals surface area contributed by atoms with Crippen molar-refractivity contribution in [2.45, 2.75) is 24.5 Å². The first-order valence-corrected chi connectivity index (χ1v) is 6.18. The lowest BCUT2D eigenvalue weighted by Gasteiger charge is -2.15. The third-order valence-electron chi connectivity index (χ3n) is 3.15. The highest BCUT2D eigenvalue weighted by atomic mass is 35.5. The van der Waals surface area contributed by atoms with Gasteiger partial charge in [-0.05, 0) is 0 Å². The summed E-state index contributed by atoms with van der Waals surface area (Å²) in [6, 6.07) is 0. The second-order valence-corrected chi connectivity index (χ2v) is 4.59. The summed E-state index contributed by atoms with van der Waals surface area (Å²) < 4.78 is 6.86. The molecule has 0 saturated carbocycles. The van der Waals surface area contributed by atoms with Crippen LogP contribution in [0.4, 0.5) is 5.82 Å². The van der Waals surface area contributed by atoms with Crippen molar-refractivity contribution < 1.29 is 14.9 Å². The maximum Gasteiger partial charge on any atom is 0.181 e. The zero-order chi connectivity index (χ0) is 13.6. The third kappa shape index (κ3) is 1.84. The van der Waals surface area contributed by atoms with Crippen molar-refractivity contribution >= 4 is 28.5 Å². The number of fused-ring (bicyclic) bond motifs is 1. The van der Waals surface area contributed by atoms with Crippen LogP contribution in [0.3, 0.4) is 0 Å². The number of aliphatic hydroxyl groups is 2. The van der Waals surface area contributed by atoms with E-state index in [4.69, 9.17) is 22.1 Å². The van der Waals surface area contributed by atoms with Gasteiger partial charge in [-0.3, -0.25) is 0 Å². The smallest absolute Gasteiger partial charge is 0.181 e. The fourth-order valence-electron chi connectivity index (χ4n) is 2.13. The van der Waals surface area contributed by atoms with Gasteiger partial charge in [-0.15, -0.1) is 11.6 Å². The molecule has 3 heterocycles. The second-order valence-electron chi connectivity index (χ2n) is 4.29. The highest BCUT2D eigenvalue weighted by molar-refractivity contribution is 6.18. The highest BCUT2D eigenvalue weighted by Crippen LogP contribution is 2.31. The molecule has 102 valence electrons. The quantitative estimate of drug-likeness (QED) is 0.622. The molecule has 0 aromatic carbocycles. The maximum absolute atomic E-state index is 9.99. The van der Waals surface area contributed by atoms with Crippen molar-refractivity contribution in [1.82, 2.24) is 19.7 Å². The number of ether oxygens (including phenoxy) is 1. The van der Waals surface area contributed by atoms with Gasteiger partial charge >= 0.3 is 0 Å². The van der Waals surface area contributed by atoms with Crippen molar-refractivity contribution in [2.24, 2.45) is 0 Å². The first-order valence-electron chi connectivity index (χ1n) is 5.64. The van der Waals surface area contributed by atoms with Gasteiger partial charge in [-0.25, -0.2) is 14.6 Å². The molecule has 1 fully saturated rings. The van der Waals surface area contributed by atoms with Crippen LogP contribution < -0.4 is 5.73 Å². The van der Waals surface area contributed by atoms with Crippen LogP contribution in [0.2, 0.25) is 0 Å². The van der Waals surface area contributed by atoms with Crippen LogP contribution in [-0.2, 0) is 4.74 Å². The van der Waals surface area contributed by atoms with Crippen LogP contribution in [0.25, 0.3) is 11.0 Å². The fraction of sp³-hybridized carbons (Fsp3) is 0.500. The van der Waals surface area contributed by atoms with E-state index >= 15 is 0 Å². The molecule has 0 spiro atoms. The number of nitrogens with two attached hydrogens (primary N) is 1. The Kier molecular flexibility index (Phi) is 3.02. The summed E-state index contributed by atoms with van der Waals surface area (Å²) in [5.41, 5.74) is 6.13. The minimum atomic E-state index is -1.14. The fourth-order valence-corrected chi connectivity index (χ4v) is 2.38. The number of aromatic nitrogens is 4. The Labute approximate surface area is 112 Å². The average Bonchev–Trinajstić information content (AvgIpc) is 2.94. The lowest BCUT2D eigenvalue weighted by Crippen LogP contribution is -2.32. The Hall–Kier alpha value is -1.48. The van der Waals surface area contributed by atoms with Crippen molar-refractivity contribution in [3.05, 3.63) is 12.5 Å². The first kappa shape index (κ1) is 12.5. The SMILES string of the molecule is Nc1ncnc2c1cnn2[C@@H]1O[C@H](CCl)[C@@H](O)[C@H]1O. The van der Waals surface area contributed by atoms with Gasteiger partial charge in [0.15, 0.2) is 11.9 Å². The number of halogens is 1. The lowest BCUT2D eigenvalue weighted by molar-refractivity contribution is -0.0364. The van der Waals surface area contributed by atoms with Crippen molar-refractivity contribution in [3.63, 3.8) is 0 Å². The van der Waals surface area contributed by atoms with E-state index in [1.807, 2.05) is 0 Å². The maximum atomic E-state index is 9.99. The van der Waals surface area contributed by atoms with E-state index in [2.05, 4.69) is 15.1 Å². The predicted octanol–water partition coefficient (Wildman–Crippen LogP) is -0.734. The molecule has 2 aromatic rings. The molecule has 0 unspecified atom stereocenters. The monoisotopic (exact) mass is 285 g/mol. The first-order chi connectivity index (χ1) is 9.13. The number of nitrogen functional groups attached to an aromatic ring is 1. The van der Waals surface area contributed by atoms with Crippen LogP contribution in [0, 0.1) is 0 Å². The molecule has 4 N–H and O–H groups in total. The standard InChI is InChI=1S/C10H12ClN5O3/c11-1-5-6(17)7(18)10(19-5)16-9-4(2-15-16)8(12)13-3-14-9/h2-3,5-7,10,17-18H,1H2,(H2,12,13,14)/t5-,6-,7-,10-/m1/s1. The summed E-state index contributed by atoms with van der Waals surface area (Å²) in [5, 5.41) is 24.4. The molecule has 0 amide bonds. The third-order valence-corrected chi connectivity index (χ3v) is 3.46. The average molecular weight is 286 g/mol. The molecule has 0 bridgehead atoms. The molecule has 2 aromatic heterocycles. The van der Waals surface area contributed by atoms with Crippen LogP contribution in [0.5, 0.6) is 0 Å². The summed E-state index contributed by atoms with van der Waals surface area (Å²) in [5.74, 6) is 0.364. The topological polar surface area (TPSA) is 119 Å². The van der Waals surface area contributed by atoms with Gasteiger partial charge < -0.3 is 20.7 Å². The molecule has 1 saturated heterocycles. The van der Waals surface area contributed by atoms with E-state index in [1.165, 1.54) is 17.2 Å². The summed E-state index contributed by atoms with van der Waals surface area (Å²) in [7, 11) is 0. The number of hydrogen-bond acceptors (Lipinski definition) is 7. The van der Waals surface area contributed by atoms with Crippen LogP contribution in [-0.4, -0.2) is 54.2 Å². The largest absolute Gasteiger partial charge is 0.387 e. The van der Waals surface area contributed by atoms with Gasteiger partial charge in [-0.2, -0.15) is 5.10 Å². The summed E-state index contributed by atoms with van der Waals surface area (Å²) in [6.07, 6.45) is -0.928. The van der Waals surface area contributed by atoms with Gasteiger partial charge in [0.2, 0.25) is 0 Å². The molecular weight excluding hydrogens is 274 g/mol. The zero-order valence-electron chi connectivity index (χ0n) is 9.72. The molecule has 1 aliphatic heterocycles. The number of aliphatic hydroxyl groups excluding tert-OH is 2. The minimum absolute atomic E-state index is 0.0745. The van der Waals surface area contributed by atoms with Crippen molar-refractivity contribution in [3.8, 4) is 0 Å². The number of rotatable bonds is 2. The Morgan fingerprint density at radius 2 is 2.16 bits per heavy atom. The number of hydrogen-bond donors (Lipinski definition) is 3. The molecular formula is C10H12ClN5O3. The normalized spacial score (nSPS) is 31.1. The Morgan fingerprint density at radius 1 is 1.37 bits per heavy atom. The van der Waals surface area contributed by atoms with E-state index in [1.54, 1.807) is 0 Å². The van der Waals surface area contributed by atoms with Gasteiger partial charge in [0.25, 0.3) is 0 Å².